The van der Waals surface area contributed by atoms with E-state index in [1.165, 1.54) is 24.3 Å². The van der Waals surface area contributed by atoms with Crippen LogP contribution in [0.25, 0.3) is 0 Å². The van der Waals surface area contributed by atoms with E-state index in [9.17, 15) is 22.8 Å². The summed E-state index contributed by atoms with van der Waals surface area (Å²) in [5.41, 5.74) is 0.394. The summed E-state index contributed by atoms with van der Waals surface area (Å²) in [6, 6.07) is 7.75. The third-order valence-corrected chi connectivity index (χ3v) is 3.76. The van der Waals surface area contributed by atoms with Gasteiger partial charge >= 0.3 is 12.1 Å². The Morgan fingerprint density at radius 3 is 2.38 bits per heavy atom. The first-order valence-electron chi connectivity index (χ1n) is 6.92. The van der Waals surface area contributed by atoms with Gasteiger partial charge in [0.15, 0.2) is 6.61 Å². The third-order valence-electron chi connectivity index (χ3n) is 3.76. The Balaban J connectivity index is 1.97. The van der Waals surface area contributed by atoms with Gasteiger partial charge in [-0.2, -0.15) is 18.4 Å². The van der Waals surface area contributed by atoms with Crippen molar-refractivity contribution in [3.63, 3.8) is 0 Å². The van der Waals surface area contributed by atoms with Crippen molar-refractivity contribution >= 4 is 11.9 Å². The fourth-order valence-electron chi connectivity index (χ4n) is 2.45. The molecule has 1 amide bonds. The number of ether oxygens (including phenoxy) is 1. The molecule has 24 heavy (non-hydrogen) atoms. The van der Waals surface area contributed by atoms with Crippen molar-refractivity contribution < 1.29 is 32.6 Å². The molecule has 1 N–H and O–H groups in total. The number of likely N-dealkylation sites (tertiary alicyclic amines) is 1. The molecule has 128 valence electrons. The summed E-state index contributed by atoms with van der Waals surface area (Å²) in [4.78, 5) is 23.8. The minimum absolute atomic E-state index is 0.281. The van der Waals surface area contributed by atoms with E-state index in [2.05, 4.69) is 0 Å². The molecule has 1 aromatic rings. The highest BCUT2D eigenvalue weighted by Crippen LogP contribution is 2.37. The standard InChI is InChI=1S/C15H13F3N2O4/c16-15(17,18)12-7-20(6-11(12)14(22)23)13(21)8-24-10-3-1-9(5-19)2-4-10/h1-4,11-12H,6-8H2,(H,22,23)/t11-,12-/m1/s1. The van der Waals surface area contributed by atoms with Gasteiger partial charge in [0.1, 0.15) is 5.75 Å². The van der Waals surface area contributed by atoms with Crippen LogP contribution in [0.2, 0.25) is 0 Å². The molecule has 1 aliphatic rings. The van der Waals surface area contributed by atoms with Crippen molar-refractivity contribution in [1.29, 1.82) is 5.26 Å². The van der Waals surface area contributed by atoms with Crippen molar-refractivity contribution in [3.8, 4) is 11.8 Å². The van der Waals surface area contributed by atoms with Crippen LogP contribution in [0.15, 0.2) is 24.3 Å². The molecule has 0 aromatic heterocycles. The van der Waals surface area contributed by atoms with Crippen LogP contribution < -0.4 is 4.74 Å². The number of benzene rings is 1. The van der Waals surface area contributed by atoms with Gasteiger partial charge in [0.2, 0.25) is 0 Å². The van der Waals surface area contributed by atoms with E-state index in [1.54, 1.807) is 0 Å². The van der Waals surface area contributed by atoms with Crippen molar-refractivity contribution in [2.24, 2.45) is 11.8 Å². The van der Waals surface area contributed by atoms with Crippen LogP contribution >= 0.6 is 0 Å². The highest BCUT2D eigenvalue weighted by molar-refractivity contribution is 5.80. The van der Waals surface area contributed by atoms with Crippen molar-refractivity contribution in [1.82, 2.24) is 4.90 Å². The minimum Gasteiger partial charge on any atom is -0.484 e. The summed E-state index contributed by atoms with van der Waals surface area (Å²) < 4.78 is 43.8. The van der Waals surface area contributed by atoms with E-state index in [0.717, 1.165) is 4.90 Å². The average molecular weight is 342 g/mol. The smallest absolute Gasteiger partial charge is 0.394 e. The van der Waals surface area contributed by atoms with Crippen molar-refractivity contribution in [2.45, 2.75) is 6.18 Å². The van der Waals surface area contributed by atoms with E-state index in [0.29, 0.717) is 5.56 Å². The Labute approximate surface area is 135 Å². The molecule has 0 radical (unpaired) electrons. The maximum absolute atomic E-state index is 12.9. The molecule has 0 bridgehead atoms. The Kier molecular flexibility index (Phi) is 4.97. The maximum Gasteiger partial charge on any atom is 0.394 e. The molecular weight excluding hydrogens is 329 g/mol. The zero-order valence-electron chi connectivity index (χ0n) is 12.3. The molecule has 1 fully saturated rings. The van der Waals surface area contributed by atoms with Gasteiger partial charge in [-0.05, 0) is 24.3 Å². The molecule has 6 nitrogen and oxygen atoms in total. The van der Waals surface area contributed by atoms with Gasteiger partial charge < -0.3 is 14.7 Å². The Bertz CT molecular complexity index is 667. The second-order valence-corrected chi connectivity index (χ2v) is 5.32. The number of rotatable bonds is 4. The fourth-order valence-corrected chi connectivity index (χ4v) is 2.45. The number of carboxylic acid groups (broad SMARTS) is 1. The first-order chi connectivity index (χ1) is 11.2. The highest BCUT2D eigenvalue weighted by Gasteiger charge is 2.53. The lowest BCUT2D eigenvalue weighted by atomic mass is 9.96. The predicted molar refractivity (Wildman–Crippen MR) is 73.9 cm³/mol. The van der Waals surface area contributed by atoms with Crippen molar-refractivity contribution in [2.75, 3.05) is 19.7 Å². The number of amides is 1. The quantitative estimate of drug-likeness (QED) is 0.899. The molecule has 9 heteroatoms. The van der Waals surface area contributed by atoms with E-state index >= 15 is 0 Å². The number of nitrogens with zero attached hydrogens (tertiary/aromatic N) is 2. The highest BCUT2D eigenvalue weighted by atomic mass is 19.4. The topological polar surface area (TPSA) is 90.6 Å². The van der Waals surface area contributed by atoms with Crippen molar-refractivity contribution in [3.05, 3.63) is 29.8 Å². The summed E-state index contributed by atoms with van der Waals surface area (Å²) in [7, 11) is 0. The number of halogens is 3. The minimum atomic E-state index is -4.69. The largest absolute Gasteiger partial charge is 0.484 e. The molecule has 2 atom stereocenters. The lowest BCUT2D eigenvalue weighted by Crippen LogP contribution is -2.35. The number of alkyl halides is 3. The maximum atomic E-state index is 12.9. The zero-order chi connectivity index (χ0) is 17.9. The first-order valence-corrected chi connectivity index (χ1v) is 6.92. The van der Waals surface area contributed by atoms with Crippen LogP contribution in [0, 0.1) is 23.2 Å². The van der Waals surface area contributed by atoms with E-state index in [4.69, 9.17) is 15.1 Å². The number of hydrogen-bond donors (Lipinski definition) is 1. The number of aliphatic carboxylic acids is 1. The van der Waals surface area contributed by atoms with Crippen LogP contribution in [0.3, 0.4) is 0 Å². The van der Waals surface area contributed by atoms with Crippen LogP contribution in [0.1, 0.15) is 5.56 Å². The monoisotopic (exact) mass is 342 g/mol. The third kappa shape index (κ3) is 3.95. The molecule has 0 saturated carbocycles. The lowest BCUT2D eigenvalue weighted by Gasteiger charge is -2.18. The molecule has 1 aliphatic heterocycles. The van der Waals surface area contributed by atoms with Crippen LogP contribution in [-0.4, -0.2) is 47.8 Å². The van der Waals surface area contributed by atoms with E-state index in [1.807, 2.05) is 6.07 Å². The molecule has 1 aromatic carbocycles. The Hall–Kier alpha value is -2.76. The molecule has 2 rings (SSSR count). The zero-order valence-corrected chi connectivity index (χ0v) is 12.3. The average Bonchev–Trinajstić information content (AvgIpc) is 2.99. The van der Waals surface area contributed by atoms with Gasteiger partial charge in [-0.3, -0.25) is 9.59 Å². The van der Waals surface area contributed by atoms with Gasteiger partial charge in [-0.1, -0.05) is 0 Å². The SMILES string of the molecule is N#Cc1ccc(OCC(=O)N2C[C@@H](C(F)(F)F)[C@H](C(=O)O)C2)cc1. The molecule has 1 heterocycles. The second kappa shape index (κ2) is 6.78. The first kappa shape index (κ1) is 17.6. The summed E-state index contributed by atoms with van der Waals surface area (Å²) in [5.74, 6) is -5.79. The van der Waals surface area contributed by atoms with Gasteiger partial charge in [-0.15, -0.1) is 0 Å². The summed E-state index contributed by atoms with van der Waals surface area (Å²) in [6.07, 6.45) is -4.69. The molecule has 0 unspecified atom stereocenters. The van der Waals surface area contributed by atoms with Gasteiger partial charge in [0.05, 0.1) is 23.5 Å². The van der Waals surface area contributed by atoms with Gasteiger partial charge in [0.25, 0.3) is 5.91 Å². The van der Waals surface area contributed by atoms with Gasteiger partial charge in [-0.25, -0.2) is 0 Å². The van der Waals surface area contributed by atoms with Crippen LogP contribution in [0.4, 0.5) is 13.2 Å². The van der Waals surface area contributed by atoms with Gasteiger partial charge in [0, 0.05) is 13.1 Å². The molecular formula is C15H13F3N2O4. The fraction of sp³-hybridized carbons (Fsp3) is 0.400. The lowest BCUT2D eigenvalue weighted by molar-refractivity contribution is -0.188. The molecule has 0 spiro atoms. The molecule has 0 aliphatic carbocycles. The Morgan fingerprint density at radius 2 is 1.92 bits per heavy atom. The van der Waals surface area contributed by atoms with E-state index < -0.39 is 49.6 Å². The second-order valence-electron chi connectivity index (χ2n) is 5.32. The number of hydrogen-bond acceptors (Lipinski definition) is 4. The number of carboxylic acids is 1. The van der Waals surface area contributed by atoms with E-state index in [-0.39, 0.29) is 5.75 Å². The number of carbonyl (C=O) groups is 2. The normalized spacial score (nSPS) is 20.5. The Morgan fingerprint density at radius 1 is 1.29 bits per heavy atom. The summed E-state index contributed by atoms with van der Waals surface area (Å²) in [6.45, 7) is -1.71. The summed E-state index contributed by atoms with van der Waals surface area (Å²) in [5, 5.41) is 17.6. The van der Waals surface area contributed by atoms with Crippen LogP contribution in [0.5, 0.6) is 5.75 Å². The van der Waals surface area contributed by atoms with Crippen LogP contribution in [-0.2, 0) is 9.59 Å². The number of nitriles is 1. The molecule has 1 saturated heterocycles. The predicted octanol–water partition coefficient (Wildman–Crippen LogP) is 1.66. The number of carbonyl (C=O) groups excluding carboxylic acids is 1. The summed E-state index contributed by atoms with van der Waals surface area (Å²) >= 11 is 0.